The topological polar surface area (TPSA) is 57.6 Å². The second-order valence-electron chi connectivity index (χ2n) is 5.21. The molecular formula is C14H19NO3S. The first-order valence-corrected chi connectivity index (χ1v) is 7.36. The Morgan fingerprint density at radius 1 is 1.47 bits per heavy atom. The Labute approximate surface area is 117 Å². The van der Waals surface area contributed by atoms with Gasteiger partial charge in [0.2, 0.25) is 5.91 Å². The van der Waals surface area contributed by atoms with Crippen LogP contribution in [0.4, 0.5) is 0 Å². The largest absolute Gasteiger partial charge is 0.481 e. The summed E-state index contributed by atoms with van der Waals surface area (Å²) in [5.41, 5.74) is 0. The Bertz CT molecular complexity index is 479. The second-order valence-corrected chi connectivity index (χ2v) is 6.58. The van der Waals surface area contributed by atoms with Gasteiger partial charge in [-0.15, -0.1) is 11.3 Å². The van der Waals surface area contributed by atoms with Gasteiger partial charge in [-0.25, -0.2) is 0 Å². The summed E-state index contributed by atoms with van der Waals surface area (Å²) in [6, 6.07) is 4.24. The molecule has 0 aliphatic heterocycles. The number of thiophene rings is 1. The number of amides is 1. The maximum absolute atomic E-state index is 12.3. The fraction of sp³-hybridized carbons (Fsp3) is 0.571. The lowest BCUT2D eigenvalue weighted by Gasteiger charge is -2.24. The highest BCUT2D eigenvalue weighted by Gasteiger charge is 2.34. The van der Waals surface area contributed by atoms with Crippen molar-refractivity contribution in [2.75, 3.05) is 6.54 Å². The van der Waals surface area contributed by atoms with Crippen molar-refractivity contribution in [3.05, 3.63) is 21.9 Å². The number of carboxylic acids is 1. The lowest BCUT2D eigenvalue weighted by Crippen LogP contribution is -2.39. The SMILES string of the molecule is Cc1ccc(CC(=O)N(CC(C)C(=O)O)C2CC2)s1. The summed E-state index contributed by atoms with van der Waals surface area (Å²) in [4.78, 5) is 27.2. The molecule has 0 saturated heterocycles. The number of carbonyl (C=O) groups is 2. The number of aliphatic carboxylic acids is 1. The zero-order valence-electron chi connectivity index (χ0n) is 11.3. The number of carbonyl (C=O) groups excluding carboxylic acids is 1. The molecule has 1 aromatic rings. The van der Waals surface area contributed by atoms with E-state index in [1.165, 1.54) is 4.88 Å². The van der Waals surface area contributed by atoms with Crippen LogP contribution in [0.2, 0.25) is 0 Å². The highest BCUT2D eigenvalue weighted by molar-refractivity contribution is 7.12. The quantitative estimate of drug-likeness (QED) is 0.870. The minimum Gasteiger partial charge on any atom is -0.481 e. The number of hydrogen-bond acceptors (Lipinski definition) is 3. The molecule has 0 spiro atoms. The summed E-state index contributed by atoms with van der Waals surface area (Å²) in [6.07, 6.45) is 2.39. The zero-order chi connectivity index (χ0) is 14.0. The van der Waals surface area contributed by atoms with Crippen LogP contribution in [-0.4, -0.2) is 34.5 Å². The van der Waals surface area contributed by atoms with Crippen molar-refractivity contribution < 1.29 is 14.7 Å². The third-order valence-electron chi connectivity index (χ3n) is 3.32. The van der Waals surface area contributed by atoms with Crippen LogP contribution in [0.1, 0.15) is 29.5 Å². The van der Waals surface area contributed by atoms with E-state index >= 15 is 0 Å². The Morgan fingerprint density at radius 2 is 2.16 bits per heavy atom. The number of nitrogens with zero attached hydrogens (tertiary/aromatic N) is 1. The molecule has 1 N–H and O–H groups in total. The average molecular weight is 281 g/mol. The molecule has 1 heterocycles. The number of hydrogen-bond donors (Lipinski definition) is 1. The van der Waals surface area contributed by atoms with Gasteiger partial charge in [0, 0.05) is 22.3 Å². The molecule has 104 valence electrons. The van der Waals surface area contributed by atoms with Gasteiger partial charge in [-0.05, 0) is 31.9 Å². The van der Waals surface area contributed by atoms with Crippen molar-refractivity contribution in [2.45, 2.75) is 39.2 Å². The van der Waals surface area contributed by atoms with E-state index in [2.05, 4.69) is 0 Å². The first kappa shape index (κ1) is 14.1. The standard InChI is InChI=1S/C14H19NO3S/c1-9(14(17)18)8-15(11-4-5-11)13(16)7-12-6-3-10(2)19-12/h3,6,9,11H,4-5,7-8H2,1-2H3,(H,17,18). The molecule has 0 radical (unpaired) electrons. The van der Waals surface area contributed by atoms with Crippen LogP contribution in [0, 0.1) is 12.8 Å². The average Bonchev–Trinajstić information content (AvgIpc) is 3.10. The second kappa shape index (κ2) is 5.74. The van der Waals surface area contributed by atoms with Crippen molar-refractivity contribution in [1.29, 1.82) is 0 Å². The van der Waals surface area contributed by atoms with Crippen LogP contribution in [0.5, 0.6) is 0 Å². The van der Waals surface area contributed by atoms with Crippen molar-refractivity contribution >= 4 is 23.2 Å². The normalized spacial score (nSPS) is 16.1. The fourth-order valence-electron chi connectivity index (χ4n) is 2.04. The van der Waals surface area contributed by atoms with Gasteiger partial charge in [-0.1, -0.05) is 6.92 Å². The molecule has 19 heavy (non-hydrogen) atoms. The summed E-state index contributed by atoms with van der Waals surface area (Å²) in [6.45, 7) is 3.99. The first-order valence-electron chi connectivity index (χ1n) is 6.55. The molecule has 1 saturated carbocycles. The van der Waals surface area contributed by atoms with Gasteiger partial charge >= 0.3 is 5.97 Å². The van der Waals surface area contributed by atoms with Crippen molar-refractivity contribution in [3.8, 4) is 0 Å². The molecule has 2 rings (SSSR count). The summed E-state index contributed by atoms with van der Waals surface area (Å²) >= 11 is 1.63. The van der Waals surface area contributed by atoms with Gasteiger partial charge < -0.3 is 10.0 Å². The number of aryl methyl sites for hydroxylation is 1. The minimum atomic E-state index is -0.842. The van der Waals surface area contributed by atoms with Crippen molar-refractivity contribution in [1.82, 2.24) is 4.90 Å². The Morgan fingerprint density at radius 3 is 2.63 bits per heavy atom. The molecule has 0 bridgehead atoms. The molecule has 0 aromatic carbocycles. The molecule has 1 unspecified atom stereocenters. The van der Waals surface area contributed by atoms with Crippen LogP contribution in [-0.2, 0) is 16.0 Å². The van der Waals surface area contributed by atoms with Crippen LogP contribution in [0.25, 0.3) is 0 Å². The molecular weight excluding hydrogens is 262 g/mol. The molecule has 1 aromatic heterocycles. The maximum Gasteiger partial charge on any atom is 0.308 e. The smallest absolute Gasteiger partial charge is 0.308 e. The van der Waals surface area contributed by atoms with Crippen LogP contribution in [0.3, 0.4) is 0 Å². The predicted octanol–water partition coefficient (Wildman–Crippen LogP) is 2.31. The predicted molar refractivity (Wildman–Crippen MR) is 74.3 cm³/mol. The van der Waals surface area contributed by atoms with Gasteiger partial charge in [0.25, 0.3) is 0 Å². The van der Waals surface area contributed by atoms with Crippen LogP contribution in [0.15, 0.2) is 12.1 Å². The van der Waals surface area contributed by atoms with E-state index in [0.717, 1.165) is 17.7 Å². The molecule has 1 fully saturated rings. The van der Waals surface area contributed by atoms with Gasteiger partial charge in [0.15, 0.2) is 0 Å². The van der Waals surface area contributed by atoms with Gasteiger partial charge in [-0.2, -0.15) is 0 Å². The number of rotatable bonds is 6. The summed E-state index contributed by atoms with van der Waals surface area (Å²) < 4.78 is 0. The summed E-state index contributed by atoms with van der Waals surface area (Å²) in [5, 5.41) is 8.97. The van der Waals surface area contributed by atoms with E-state index in [-0.39, 0.29) is 11.9 Å². The molecule has 4 nitrogen and oxygen atoms in total. The zero-order valence-corrected chi connectivity index (χ0v) is 12.1. The Balaban J connectivity index is 1.98. The van der Waals surface area contributed by atoms with Gasteiger partial charge in [0.1, 0.15) is 0 Å². The van der Waals surface area contributed by atoms with E-state index in [1.54, 1.807) is 23.2 Å². The van der Waals surface area contributed by atoms with Crippen LogP contribution >= 0.6 is 11.3 Å². The highest BCUT2D eigenvalue weighted by atomic mass is 32.1. The number of carboxylic acid groups (broad SMARTS) is 1. The molecule has 1 amide bonds. The van der Waals surface area contributed by atoms with Crippen molar-refractivity contribution in [3.63, 3.8) is 0 Å². The van der Waals surface area contributed by atoms with E-state index in [9.17, 15) is 9.59 Å². The lowest BCUT2D eigenvalue weighted by atomic mass is 10.1. The van der Waals surface area contributed by atoms with Gasteiger partial charge in [-0.3, -0.25) is 9.59 Å². The minimum absolute atomic E-state index is 0.0532. The van der Waals surface area contributed by atoms with E-state index in [1.807, 2.05) is 19.1 Å². The first-order chi connectivity index (χ1) is 8.97. The third-order valence-corrected chi connectivity index (χ3v) is 4.32. The van der Waals surface area contributed by atoms with E-state index in [0.29, 0.717) is 13.0 Å². The molecule has 5 heteroatoms. The van der Waals surface area contributed by atoms with E-state index in [4.69, 9.17) is 5.11 Å². The Kier molecular flexibility index (Phi) is 4.24. The van der Waals surface area contributed by atoms with Crippen molar-refractivity contribution in [2.24, 2.45) is 5.92 Å². The van der Waals surface area contributed by atoms with Gasteiger partial charge in [0.05, 0.1) is 12.3 Å². The summed E-state index contributed by atoms with van der Waals surface area (Å²) in [7, 11) is 0. The molecule has 1 aliphatic rings. The highest BCUT2D eigenvalue weighted by Crippen LogP contribution is 2.29. The van der Waals surface area contributed by atoms with E-state index < -0.39 is 11.9 Å². The monoisotopic (exact) mass is 281 g/mol. The maximum atomic E-state index is 12.3. The summed E-state index contributed by atoms with van der Waals surface area (Å²) in [5.74, 6) is -1.29. The molecule has 1 aliphatic carbocycles. The lowest BCUT2D eigenvalue weighted by molar-refractivity contribution is -0.143. The third kappa shape index (κ3) is 3.80. The van der Waals surface area contributed by atoms with Crippen LogP contribution < -0.4 is 0 Å². The fourth-order valence-corrected chi connectivity index (χ4v) is 2.93. The Hall–Kier alpha value is -1.36. The molecule has 1 atom stereocenters.